The van der Waals surface area contributed by atoms with Crippen LogP contribution in [0.1, 0.15) is 5.56 Å². The van der Waals surface area contributed by atoms with E-state index in [1.165, 1.54) is 0 Å². The molecule has 0 saturated carbocycles. The number of aromatic nitrogens is 4. The number of H-pyrrole nitrogens is 1. The molecule has 2 heterocycles. The molecule has 0 saturated heterocycles. The Morgan fingerprint density at radius 1 is 0.833 bits per heavy atom. The summed E-state index contributed by atoms with van der Waals surface area (Å²) in [6.07, 6.45) is 0. The van der Waals surface area contributed by atoms with Crippen LogP contribution in [0, 0.1) is 4.77 Å². The van der Waals surface area contributed by atoms with E-state index in [1.54, 1.807) is 0 Å². The quantitative estimate of drug-likeness (QED) is 0.376. The van der Waals surface area contributed by atoms with Crippen molar-refractivity contribution in [2.24, 2.45) is 0 Å². The molecule has 0 amide bonds. The lowest BCUT2D eigenvalue weighted by Gasteiger charge is -2.10. The van der Waals surface area contributed by atoms with Crippen LogP contribution in [0.4, 0.5) is 0 Å². The molecule has 1 N–H and O–H groups in total. The van der Waals surface area contributed by atoms with Crippen LogP contribution in [0.5, 0.6) is 5.75 Å². The maximum Gasteiger partial charge on any atom is 0.200 e. The van der Waals surface area contributed by atoms with Gasteiger partial charge in [0.05, 0.1) is 11.2 Å². The highest BCUT2D eigenvalue weighted by atomic mass is 32.1. The van der Waals surface area contributed by atoms with Crippen molar-refractivity contribution in [3.63, 3.8) is 0 Å². The van der Waals surface area contributed by atoms with Crippen molar-refractivity contribution in [2.75, 3.05) is 0 Å². The number of pyridine rings is 1. The van der Waals surface area contributed by atoms with Gasteiger partial charge in [0.15, 0.2) is 10.6 Å². The molecule has 30 heavy (non-hydrogen) atoms. The van der Waals surface area contributed by atoms with E-state index < -0.39 is 0 Å². The van der Waals surface area contributed by atoms with Gasteiger partial charge in [-0.05, 0) is 54.2 Å². The van der Waals surface area contributed by atoms with Crippen LogP contribution < -0.4 is 4.74 Å². The smallest absolute Gasteiger partial charge is 0.200 e. The molecule has 0 radical (unpaired) electrons. The van der Waals surface area contributed by atoms with E-state index in [0.717, 1.165) is 33.6 Å². The van der Waals surface area contributed by atoms with E-state index in [1.807, 2.05) is 95.6 Å². The number of nitrogens with one attached hydrogen (secondary N) is 1. The Morgan fingerprint density at radius 2 is 1.60 bits per heavy atom. The second-order valence-corrected chi connectivity index (χ2v) is 7.23. The molecule has 0 bridgehead atoms. The van der Waals surface area contributed by atoms with Gasteiger partial charge in [-0.1, -0.05) is 54.6 Å². The van der Waals surface area contributed by atoms with Gasteiger partial charge in [-0.15, -0.1) is 0 Å². The summed E-state index contributed by atoms with van der Waals surface area (Å²) in [6.45, 7) is 0.525. The summed E-state index contributed by atoms with van der Waals surface area (Å²) in [4.78, 5) is 4.75. The van der Waals surface area contributed by atoms with Crippen LogP contribution in [-0.4, -0.2) is 19.7 Å². The van der Waals surface area contributed by atoms with E-state index in [-0.39, 0.29) is 0 Å². The summed E-state index contributed by atoms with van der Waals surface area (Å²) < 4.78 is 8.28. The summed E-state index contributed by atoms with van der Waals surface area (Å²) in [5, 5.41) is 8.39. The van der Waals surface area contributed by atoms with Crippen molar-refractivity contribution in [3.05, 3.63) is 101 Å². The SMILES string of the molecule is S=c1[nH]nc(-c2ccc3ccccc3n2)n1-c1ccc(OCc2ccccc2)cc1. The minimum absolute atomic E-state index is 0.512. The van der Waals surface area contributed by atoms with Crippen molar-refractivity contribution >= 4 is 23.1 Å². The average Bonchev–Trinajstić information content (AvgIpc) is 3.20. The van der Waals surface area contributed by atoms with Gasteiger partial charge >= 0.3 is 0 Å². The molecule has 5 nitrogen and oxygen atoms in total. The minimum Gasteiger partial charge on any atom is -0.489 e. The molecule has 0 aliphatic heterocycles. The van der Waals surface area contributed by atoms with Gasteiger partial charge in [0, 0.05) is 5.39 Å². The standard InChI is InChI=1S/C24H18N4OS/c30-24-27-26-23(22-15-10-18-8-4-5-9-21(18)25-22)28(24)19-11-13-20(14-12-19)29-16-17-6-2-1-3-7-17/h1-15H,16H2,(H,27,30). The zero-order chi connectivity index (χ0) is 20.3. The lowest BCUT2D eigenvalue weighted by atomic mass is 10.2. The number of rotatable bonds is 5. The van der Waals surface area contributed by atoms with Crippen molar-refractivity contribution < 1.29 is 4.74 Å². The number of benzene rings is 3. The molecule has 0 aliphatic carbocycles. The molecule has 0 unspecified atom stereocenters. The summed E-state index contributed by atoms with van der Waals surface area (Å²) in [5.74, 6) is 1.46. The van der Waals surface area contributed by atoms with Crippen molar-refractivity contribution in [3.8, 4) is 23.0 Å². The van der Waals surface area contributed by atoms with E-state index in [9.17, 15) is 0 Å². The fraction of sp³-hybridized carbons (Fsp3) is 0.0417. The van der Waals surface area contributed by atoms with Crippen LogP contribution in [0.2, 0.25) is 0 Å². The monoisotopic (exact) mass is 410 g/mol. The number of para-hydroxylation sites is 1. The Bertz CT molecular complexity index is 1360. The maximum atomic E-state index is 5.89. The van der Waals surface area contributed by atoms with Crippen molar-refractivity contribution in [2.45, 2.75) is 6.61 Å². The Hall–Kier alpha value is -3.77. The normalized spacial score (nSPS) is 10.9. The summed E-state index contributed by atoms with van der Waals surface area (Å²) >= 11 is 5.48. The molecule has 5 aromatic rings. The summed E-state index contributed by atoms with van der Waals surface area (Å²) in [7, 11) is 0. The molecule has 6 heteroatoms. The first kappa shape index (κ1) is 18.3. The molecular weight excluding hydrogens is 392 g/mol. The Kier molecular flexibility index (Phi) is 4.83. The molecule has 0 fully saturated rings. The Balaban J connectivity index is 1.44. The minimum atomic E-state index is 0.512. The van der Waals surface area contributed by atoms with Gasteiger partial charge in [-0.3, -0.25) is 9.67 Å². The van der Waals surface area contributed by atoms with Crippen LogP contribution in [0.15, 0.2) is 91.0 Å². The molecule has 146 valence electrons. The number of nitrogens with zero attached hydrogens (tertiary/aromatic N) is 3. The molecule has 0 spiro atoms. The number of hydrogen-bond donors (Lipinski definition) is 1. The molecule has 2 aromatic heterocycles. The highest BCUT2D eigenvalue weighted by Crippen LogP contribution is 2.24. The lowest BCUT2D eigenvalue weighted by Crippen LogP contribution is -2.00. The Morgan fingerprint density at radius 3 is 2.43 bits per heavy atom. The number of hydrogen-bond acceptors (Lipinski definition) is 4. The van der Waals surface area contributed by atoms with Crippen molar-refractivity contribution in [1.82, 2.24) is 19.7 Å². The van der Waals surface area contributed by atoms with Crippen LogP contribution in [0.3, 0.4) is 0 Å². The second-order valence-electron chi connectivity index (χ2n) is 6.85. The van der Waals surface area contributed by atoms with Crippen LogP contribution in [-0.2, 0) is 6.61 Å². The first-order valence-corrected chi connectivity index (χ1v) is 9.99. The zero-order valence-electron chi connectivity index (χ0n) is 16.0. The molecule has 0 aliphatic rings. The third kappa shape index (κ3) is 3.60. The number of fused-ring (bicyclic) bond motifs is 1. The molecule has 0 atom stereocenters. The fourth-order valence-electron chi connectivity index (χ4n) is 3.33. The second kappa shape index (κ2) is 7.93. The first-order chi connectivity index (χ1) is 14.8. The molecular formula is C24H18N4OS. The average molecular weight is 411 g/mol. The van der Waals surface area contributed by atoms with E-state index in [0.29, 0.717) is 17.2 Å². The number of aromatic amines is 1. The maximum absolute atomic E-state index is 5.89. The van der Waals surface area contributed by atoms with E-state index in [4.69, 9.17) is 21.9 Å². The third-order valence-electron chi connectivity index (χ3n) is 4.84. The summed E-state index contributed by atoms with van der Waals surface area (Å²) in [6, 6.07) is 29.9. The third-order valence-corrected chi connectivity index (χ3v) is 5.12. The van der Waals surface area contributed by atoms with Gasteiger partial charge < -0.3 is 4.74 Å². The Labute approximate surface area is 178 Å². The van der Waals surface area contributed by atoms with Crippen LogP contribution in [0.25, 0.3) is 28.1 Å². The highest BCUT2D eigenvalue weighted by molar-refractivity contribution is 7.71. The predicted molar refractivity (Wildman–Crippen MR) is 120 cm³/mol. The fourth-order valence-corrected chi connectivity index (χ4v) is 3.57. The summed E-state index contributed by atoms with van der Waals surface area (Å²) in [5.41, 5.74) is 3.69. The first-order valence-electron chi connectivity index (χ1n) is 9.59. The zero-order valence-corrected chi connectivity index (χ0v) is 16.8. The van der Waals surface area contributed by atoms with Gasteiger partial charge in [0.25, 0.3) is 0 Å². The predicted octanol–water partition coefficient (Wildman–Crippen LogP) is 5.72. The van der Waals surface area contributed by atoms with Gasteiger partial charge in [-0.25, -0.2) is 4.98 Å². The van der Waals surface area contributed by atoms with Gasteiger partial charge in [-0.2, -0.15) is 5.10 Å². The lowest BCUT2D eigenvalue weighted by molar-refractivity contribution is 0.306. The van der Waals surface area contributed by atoms with E-state index in [2.05, 4.69) is 10.2 Å². The van der Waals surface area contributed by atoms with Crippen LogP contribution >= 0.6 is 12.2 Å². The molecule has 5 rings (SSSR count). The van der Waals surface area contributed by atoms with Crippen molar-refractivity contribution in [1.29, 1.82) is 0 Å². The molecule has 3 aromatic carbocycles. The number of ether oxygens (including phenoxy) is 1. The van der Waals surface area contributed by atoms with Gasteiger partial charge in [0.2, 0.25) is 0 Å². The highest BCUT2D eigenvalue weighted by Gasteiger charge is 2.13. The van der Waals surface area contributed by atoms with Gasteiger partial charge in [0.1, 0.15) is 18.1 Å². The largest absolute Gasteiger partial charge is 0.489 e. The van der Waals surface area contributed by atoms with E-state index >= 15 is 0 Å². The topological polar surface area (TPSA) is 55.7 Å².